The fraction of sp³-hybridized carbons (Fsp3) is 0.0968. The smallest absolute Gasteiger partial charge is 0.174 e. The Kier molecular flexibility index (Phi) is 6.16. The van der Waals surface area contributed by atoms with Gasteiger partial charge in [-0.1, -0.05) is 42.5 Å². The summed E-state index contributed by atoms with van der Waals surface area (Å²) in [6.45, 7) is 2.14. The van der Waals surface area contributed by atoms with E-state index in [1.807, 2.05) is 60.8 Å². The van der Waals surface area contributed by atoms with Crippen molar-refractivity contribution in [1.82, 2.24) is 14.9 Å². The molecule has 1 fully saturated rings. The minimum absolute atomic E-state index is 0.113. The Hall–Kier alpha value is -4.42. The second-order valence-electron chi connectivity index (χ2n) is 9.00. The molecule has 1 aliphatic heterocycles. The molecule has 0 bridgehead atoms. The SMILES string of the molecule is Cc1ccccc1-n1cccc1C1C(c2ccccn2)NC(=S)N1c1ccc(Oc2ccccc2)cc1. The lowest BCUT2D eigenvalue weighted by molar-refractivity contribution is 0.482. The fourth-order valence-corrected chi connectivity index (χ4v) is 5.27. The van der Waals surface area contributed by atoms with Crippen molar-refractivity contribution >= 4 is 23.0 Å². The van der Waals surface area contributed by atoms with Gasteiger partial charge in [-0.2, -0.15) is 0 Å². The minimum Gasteiger partial charge on any atom is -0.457 e. The molecule has 37 heavy (non-hydrogen) atoms. The second kappa shape index (κ2) is 9.91. The molecule has 0 radical (unpaired) electrons. The lowest BCUT2D eigenvalue weighted by Gasteiger charge is -2.29. The molecule has 0 amide bonds. The first-order valence-corrected chi connectivity index (χ1v) is 12.7. The van der Waals surface area contributed by atoms with Gasteiger partial charge in [-0.05, 0) is 91.4 Å². The summed E-state index contributed by atoms with van der Waals surface area (Å²) in [7, 11) is 0. The Labute approximate surface area is 222 Å². The lowest BCUT2D eigenvalue weighted by atomic mass is 10.0. The first kappa shape index (κ1) is 23.0. The third-order valence-corrected chi connectivity index (χ3v) is 6.96. The third-order valence-electron chi connectivity index (χ3n) is 6.65. The maximum absolute atomic E-state index is 6.02. The predicted molar refractivity (Wildman–Crippen MR) is 151 cm³/mol. The van der Waals surface area contributed by atoms with E-state index in [9.17, 15) is 0 Å². The van der Waals surface area contributed by atoms with Crippen LogP contribution in [0.4, 0.5) is 5.69 Å². The highest BCUT2D eigenvalue weighted by Crippen LogP contribution is 2.42. The number of nitrogens with zero attached hydrogens (tertiary/aromatic N) is 3. The molecule has 5 aromatic rings. The van der Waals surface area contributed by atoms with Crippen molar-refractivity contribution in [3.8, 4) is 17.2 Å². The quantitative estimate of drug-likeness (QED) is 0.250. The molecule has 3 aromatic carbocycles. The van der Waals surface area contributed by atoms with Crippen molar-refractivity contribution in [2.75, 3.05) is 4.90 Å². The van der Waals surface area contributed by atoms with Crippen LogP contribution in [0.1, 0.15) is 29.0 Å². The fourth-order valence-electron chi connectivity index (χ4n) is 4.92. The summed E-state index contributed by atoms with van der Waals surface area (Å²) in [5.74, 6) is 1.58. The number of pyridine rings is 1. The van der Waals surface area contributed by atoms with E-state index in [0.717, 1.165) is 34.3 Å². The van der Waals surface area contributed by atoms with E-state index in [1.165, 1.54) is 5.56 Å². The van der Waals surface area contributed by atoms with Crippen LogP contribution >= 0.6 is 12.2 Å². The molecular formula is C31H26N4OS. The Balaban J connectivity index is 1.41. The molecule has 2 unspecified atom stereocenters. The Bertz CT molecular complexity index is 1520. The highest BCUT2D eigenvalue weighted by molar-refractivity contribution is 7.80. The number of nitrogens with one attached hydrogen (secondary N) is 1. The number of rotatable bonds is 6. The van der Waals surface area contributed by atoms with Crippen molar-refractivity contribution in [3.05, 3.63) is 139 Å². The van der Waals surface area contributed by atoms with Crippen LogP contribution in [0.25, 0.3) is 5.69 Å². The van der Waals surface area contributed by atoms with Gasteiger partial charge in [-0.3, -0.25) is 4.98 Å². The third kappa shape index (κ3) is 4.47. The number of hydrogen-bond acceptors (Lipinski definition) is 3. The summed E-state index contributed by atoms with van der Waals surface area (Å²) >= 11 is 5.92. The molecule has 1 saturated heterocycles. The van der Waals surface area contributed by atoms with Gasteiger partial charge < -0.3 is 19.5 Å². The van der Waals surface area contributed by atoms with Crippen molar-refractivity contribution < 1.29 is 4.74 Å². The summed E-state index contributed by atoms with van der Waals surface area (Å²) in [5.41, 5.74) is 5.41. The Morgan fingerprint density at radius 1 is 0.784 bits per heavy atom. The number of hydrogen-bond donors (Lipinski definition) is 1. The molecule has 1 aliphatic rings. The van der Waals surface area contributed by atoms with Crippen LogP contribution in [0.15, 0.2) is 122 Å². The highest BCUT2D eigenvalue weighted by Gasteiger charge is 2.42. The maximum atomic E-state index is 6.02. The minimum atomic E-state index is -0.119. The molecule has 0 saturated carbocycles. The summed E-state index contributed by atoms with van der Waals surface area (Å²) in [4.78, 5) is 6.87. The van der Waals surface area contributed by atoms with Gasteiger partial charge >= 0.3 is 0 Å². The molecule has 5 nitrogen and oxygen atoms in total. The molecule has 1 N–H and O–H groups in total. The van der Waals surface area contributed by atoms with Crippen LogP contribution in [-0.4, -0.2) is 14.7 Å². The molecule has 6 rings (SSSR count). The van der Waals surface area contributed by atoms with Crippen LogP contribution in [0.5, 0.6) is 11.5 Å². The summed E-state index contributed by atoms with van der Waals surface area (Å²) in [5, 5.41) is 4.22. The number of anilines is 1. The molecule has 0 aliphatic carbocycles. The van der Waals surface area contributed by atoms with Crippen LogP contribution in [0, 0.1) is 6.92 Å². The average molecular weight is 503 g/mol. The molecule has 3 heterocycles. The van der Waals surface area contributed by atoms with E-state index in [2.05, 4.69) is 87.5 Å². The zero-order chi connectivity index (χ0) is 25.2. The zero-order valence-electron chi connectivity index (χ0n) is 20.4. The molecule has 182 valence electrons. The molecular weight excluding hydrogens is 476 g/mol. The predicted octanol–water partition coefficient (Wildman–Crippen LogP) is 7.15. The van der Waals surface area contributed by atoms with E-state index in [4.69, 9.17) is 17.0 Å². The Morgan fingerprint density at radius 2 is 1.51 bits per heavy atom. The van der Waals surface area contributed by atoms with Gasteiger partial charge in [0.05, 0.1) is 11.7 Å². The van der Waals surface area contributed by atoms with E-state index < -0.39 is 0 Å². The maximum Gasteiger partial charge on any atom is 0.174 e. The van der Waals surface area contributed by atoms with Crippen molar-refractivity contribution in [3.63, 3.8) is 0 Å². The number of aromatic nitrogens is 2. The first-order chi connectivity index (χ1) is 18.2. The molecule has 2 atom stereocenters. The van der Waals surface area contributed by atoms with Crippen molar-refractivity contribution in [2.24, 2.45) is 0 Å². The monoisotopic (exact) mass is 502 g/mol. The largest absolute Gasteiger partial charge is 0.457 e. The number of aryl methyl sites for hydroxylation is 1. The Morgan fingerprint density at radius 3 is 2.27 bits per heavy atom. The van der Waals surface area contributed by atoms with Crippen LogP contribution in [0.3, 0.4) is 0 Å². The standard InChI is InChI=1S/C31H26N4OS/c1-22-10-5-6-14-27(22)34-21-9-15-28(34)30-29(26-13-7-8-20-32-26)33-31(37)35(30)23-16-18-25(19-17-23)36-24-11-3-2-4-12-24/h2-21,29-30H,1H3,(H,33,37). The van der Waals surface area contributed by atoms with Gasteiger partial charge in [0.25, 0.3) is 0 Å². The number of para-hydroxylation sites is 2. The van der Waals surface area contributed by atoms with Gasteiger partial charge in [0, 0.05) is 29.5 Å². The van der Waals surface area contributed by atoms with Gasteiger partial charge in [-0.15, -0.1) is 0 Å². The van der Waals surface area contributed by atoms with Gasteiger partial charge in [-0.25, -0.2) is 0 Å². The highest BCUT2D eigenvalue weighted by atomic mass is 32.1. The topological polar surface area (TPSA) is 42.3 Å². The van der Waals surface area contributed by atoms with E-state index in [-0.39, 0.29) is 12.1 Å². The summed E-state index contributed by atoms with van der Waals surface area (Å²) in [6, 6.07) is 36.3. The van der Waals surface area contributed by atoms with Gasteiger partial charge in [0.1, 0.15) is 17.5 Å². The lowest BCUT2D eigenvalue weighted by Crippen LogP contribution is -2.30. The number of benzene rings is 3. The van der Waals surface area contributed by atoms with Gasteiger partial charge in [0.2, 0.25) is 0 Å². The van der Waals surface area contributed by atoms with E-state index in [0.29, 0.717) is 5.11 Å². The first-order valence-electron chi connectivity index (χ1n) is 12.3. The van der Waals surface area contributed by atoms with Gasteiger partial charge in [0.15, 0.2) is 5.11 Å². The second-order valence-corrected chi connectivity index (χ2v) is 9.38. The number of ether oxygens (including phenoxy) is 1. The number of thiocarbonyl (C=S) groups is 1. The molecule has 6 heteroatoms. The van der Waals surface area contributed by atoms with E-state index >= 15 is 0 Å². The molecule has 0 spiro atoms. The summed E-state index contributed by atoms with van der Waals surface area (Å²) < 4.78 is 8.28. The van der Waals surface area contributed by atoms with Crippen molar-refractivity contribution in [2.45, 2.75) is 19.0 Å². The van der Waals surface area contributed by atoms with Crippen LogP contribution < -0.4 is 15.0 Å². The molecule has 2 aromatic heterocycles. The van der Waals surface area contributed by atoms with E-state index in [1.54, 1.807) is 0 Å². The normalized spacial score (nSPS) is 17.0. The average Bonchev–Trinajstić information content (AvgIpc) is 3.55. The zero-order valence-corrected chi connectivity index (χ0v) is 21.2. The van der Waals surface area contributed by atoms with Crippen LogP contribution in [0.2, 0.25) is 0 Å². The van der Waals surface area contributed by atoms with Crippen molar-refractivity contribution in [1.29, 1.82) is 0 Å². The van der Waals surface area contributed by atoms with Crippen LogP contribution in [-0.2, 0) is 0 Å². The summed E-state index contributed by atoms with van der Waals surface area (Å²) in [6.07, 6.45) is 3.94.